The van der Waals surface area contributed by atoms with Crippen molar-refractivity contribution in [3.8, 4) is 6.07 Å². The zero-order chi connectivity index (χ0) is 9.61. The minimum atomic E-state index is -0.310. The lowest BCUT2D eigenvalue weighted by Crippen LogP contribution is -2.36. The summed E-state index contributed by atoms with van der Waals surface area (Å²) in [6.45, 7) is 6.23. The molecule has 0 atom stereocenters. The number of nitrogens with one attached hydrogen (secondary N) is 1. The normalized spacial score (nSPS) is 10.5. The van der Waals surface area contributed by atoms with Crippen LogP contribution in [-0.2, 0) is 4.79 Å². The van der Waals surface area contributed by atoms with Crippen molar-refractivity contribution in [3.05, 3.63) is 0 Å². The second-order valence-electron chi connectivity index (χ2n) is 3.40. The van der Waals surface area contributed by atoms with E-state index in [9.17, 15) is 4.79 Å². The van der Waals surface area contributed by atoms with E-state index in [2.05, 4.69) is 5.32 Å². The molecule has 0 heterocycles. The molecule has 12 heavy (non-hydrogen) atoms. The second-order valence-corrected chi connectivity index (χ2v) is 3.40. The van der Waals surface area contributed by atoms with E-state index in [1.807, 2.05) is 26.8 Å². The van der Waals surface area contributed by atoms with Crippen LogP contribution >= 0.6 is 0 Å². The predicted molar refractivity (Wildman–Crippen MR) is 47.3 cm³/mol. The van der Waals surface area contributed by atoms with Crippen molar-refractivity contribution in [1.29, 1.82) is 5.26 Å². The fourth-order valence-corrected chi connectivity index (χ4v) is 0.632. The van der Waals surface area contributed by atoms with Crippen LogP contribution in [-0.4, -0.2) is 12.5 Å². The first kappa shape index (κ1) is 11.0. The van der Waals surface area contributed by atoms with Gasteiger partial charge in [-0.25, -0.2) is 0 Å². The first-order chi connectivity index (χ1) is 5.54. The number of hydrogen-bond acceptors (Lipinski definition) is 2. The molecule has 1 amide bonds. The maximum absolute atomic E-state index is 11.4. The summed E-state index contributed by atoms with van der Waals surface area (Å²) in [5.74, 6) is 0.0280. The second kappa shape index (κ2) is 4.76. The molecule has 0 bridgehead atoms. The van der Waals surface area contributed by atoms with Crippen LogP contribution in [0.1, 0.15) is 33.6 Å². The highest BCUT2D eigenvalue weighted by molar-refractivity contribution is 5.81. The monoisotopic (exact) mass is 168 g/mol. The highest BCUT2D eigenvalue weighted by Crippen LogP contribution is 2.18. The molecule has 0 fully saturated rings. The van der Waals surface area contributed by atoms with Gasteiger partial charge in [0.05, 0.1) is 12.5 Å². The van der Waals surface area contributed by atoms with Crippen LogP contribution in [0.25, 0.3) is 0 Å². The summed E-state index contributed by atoms with van der Waals surface area (Å²) in [5, 5.41) is 11.0. The molecule has 0 radical (unpaired) electrons. The minimum absolute atomic E-state index is 0.0280. The molecule has 0 spiro atoms. The summed E-state index contributed by atoms with van der Waals surface area (Å²) in [6.07, 6.45) is 1.19. The Morgan fingerprint density at radius 2 is 2.17 bits per heavy atom. The molecule has 0 aromatic rings. The van der Waals surface area contributed by atoms with E-state index >= 15 is 0 Å². The van der Waals surface area contributed by atoms with Crippen LogP contribution in [0.15, 0.2) is 0 Å². The Hall–Kier alpha value is -1.04. The third-order valence-corrected chi connectivity index (χ3v) is 2.02. The van der Waals surface area contributed by atoms with Crippen molar-refractivity contribution in [2.75, 3.05) is 6.54 Å². The Bertz CT molecular complexity index is 191. The largest absolute Gasteiger partial charge is 0.355 e. The standard InChI is InChI=1S/C9H16N2O/c1-4-9(2,3)8(12)11-7-5-6-10/h4-5,7H2,1-3H3,(H,11,12). The molecule has 0 unspecified atom stereocenters. The SMILES string of the molecule is CCC(C)(C)C(=O)NCCC#N. The molecule has 3 nitrogen and oxygen atoms in total. The van der Waals surface area contributed by atoms with Gasteiger partial charge < -0.3 is 5.32 Å². The van der Waals surface area contributed by atoms with Gasteiger partial charge in [0.1, 0.15) is 0 Å². The van der Waals surface area contributed by atoms with Crippen LogP contribution in [0.5, 0.6) is 0 Å². The molecule has 68 valence electrons. The smallest absolute Gasteiger partial charge is 0.225 e. The highest BCUT2D eigenvalue weighted by Gasteiger charge is 2.24. The van der Waals surface area contributed by atoms with Crippen LogP contribution in [0, 0.1) is 16.7 Å². The maximum atomic E-state index is 11.4. The number of rotatable bonds is 4. The van der Waals surface area contributed by atoms with Gasteiger partial charge in [0.15, 0.2) is 0 Å². The van der Waals surface area contributed by atoms with Crippen molar-refractivity contribution in [3.63, 3.8) is 0 Å². The topological polar surface area (TPSA) is 52.9 Å². The van der Waals surface area contributed by atoms with Gasteiger partial charge in [-0.2, -0.15) is 5.26 Å². The third kappa shape index (κ3) is 3.38. The number of carbonyl (C=O) groups is 1. The Balaban J connectivity index is 3.81. The molecular formula is C9H16N2O. The molecule has 0 saturated heterocycles. The minimum Gasteiger partial charge on any atom is -0.355 e. The van der Waals surface area contributed by atoms with E-state index in [-0.39, 0.29) is 11.3 Å². The average Bonchev–Trinajstić information content (AvgIpc) is 2.05. The quantitative estimate of drug-likeness (QED) is 0.646. The third-order valence-electron chi connectivity index (χ3n) is 2.02. The lowest BCUT2D eigenvalue weighted by molar-refractivity contribution is -0.129. The molecule has 0 rings (SSSR count). The molecule has 3 heteroatoms. The molecule has 1 N–H and O–H groups in total. The van der Waals surface area contributed by atoms with Crippen molar-refractivity contribution in [2.24, 2.45) is 5.41 Å². The number of nitrogens with zero attached hydrogens (tertiary/aromatic N) is 1. The molecule has 0 aliphatic carbocycles. The van der Waals surface area contributed by atoms with Gasteiger partial charge in [0.25, 0.3) is 0 Å². The molecular weight excluding hydrogens is 152 g/mol. The Morgan fingerprint density at radius 3 is 2.58 bits per heavy atom. The van der Waals surface area contributed by atoms with Crippen LogP contribution in [0.3, 0.4) is 0 Å². The highest BCUT2D eigenvalue weighted by atomic mass is 16.2. The van der Waals surface area contributed by atoms with Crippen molar-refractivity contribution in [2.45, 2.75) is 33.6 Å². The molecule has 0 aromatic carbocycles. The lowest BCUT2D eigenvalue weighted by atomic mass is 9.89. The van der Waals surface area contributed by atoms with Gasteiger partial charge in [0, 0.05) is 12.0 Å². The van der Waals surface area contributed by atoms with Gasteiger partial charge in [-0.05, 0) is 6.42 Å². The Labute approximate surface area is 73.8 Å². The summed E-state index contributed by atoms with van der Waals surface area (Å²) in [5.41, 5.74) is -0.310. The number of hydrogen-bond donors (Lipinski definition) is 1. The van der Waals surface area contributed by atoms with E-state index in [0.29, 0.717) is 13.0 Å². The number of amides is 1. The average molecular weight is 168 g/mol. The van der Waals surface area contributed by atoms with Crippen molar-refractivity contribution in [1.82, 2.24) is 5.32 Å². The van der Waals surface area contributed by atoms with Crippen molar-refractivity contribution >= 4 is 5.91 Å². The van der Waals surface area contributed by atoms with Crippen LogP contribution in [0.2, 0.25) is 0 Å². The van der Waals surface area contributed by atoms with E-state index in [0.717, 1.165) is 6.42 Å². The predicted octanol–water partition coefficient (Wildman–Crippen LogP) is 1.45. The summed E-state index contributed by atoms with van der Waals surface area (Å²) in [4.78, 5) is 11.4. The molecule has 0 aliphatic heterocycles. The van der Waals surface area contributed by atoms with E-state index in [1.165, 1.54) is 0 Å². The van der Waals surface area contributed by atoms with Crippen LogP contribution < -0.4 is 5.32 Å². The Kier molecular flexibility index (Phi) is 4.35. The first-order valence-corrected chi connectivity index (χ1v) is 4.20. The fraction of sp³-hybridized carbons (Fsp3) is 0.778. The first-order valence-electron chi connectivity index (χ1n) is 4.20. The summed E-state index contributed by atoms with van der Waals surface area (Å²) in [7, 11) is 0. The zero-order valence-electron chi connectivity index (χ0n) is 7.98. The Morgan fingerprint density at radius 1 is 1.58 bits per heavy atom. The molecule has 0 aliphatic rings. The molecule has 0 aromatic heterocycles. The number of carbonyl (C=O) groups excluding carboxylic acids is 1. The van der Waals surface area contributed by atoms with Crippen molar-refractivity contribution < 1.29 is 4.79 Å². The summed E-state index contributed by atoms with van der Waals surface area (Å²) < 4.78 is 0. The molecule has 0 saturated carbocycles. The maximum Gasteiger partial charge on any atom is 0.225 e. The lowest BCUT2D eigenvalue weighted by Gasteiger charge is -2.20. The van der Waals surface area contributed by atoms with Crippen LogP contribution in [0.4, 0.5) is 0 Å². The van der Waals surface area contributed by atoms with Gasteiger partial charge in [-0.3, -0.25) is 4.79 Å². The van der Waals surface area contributed by atoms with E-state index in [4.69, 9.17) is 5.26 Å². The summed E-state index contributed by atoms with van der Waals surface area (Å²) >= 11 is 0. The zero-order valence-corrected chi connectivity index (χ0v) is 7.98. The number of nitriles is 1. The van der Waals surface area contributed by atoms with Gasteiger partial charge in [-0.1, -0.05) is 20.8 Å². The van der Waals surface area contributed by atoms with Gasteiger partial charge >= 0.3 is 0 Å². The van der Waals surface area contributed by atoms with E-state index < -0.39 is 0 Å². The summed E-state index contributed by atoms with van der Waals surface area (Å²) in [6, 6.07) is 1.98. The van der Waals surface area contributed by atoms with Gasteiger partial charge in [-0.15, -0.1) is 0 Å². The van der Waals surface area contributed by atoms with Gasteiger partial charge in [0.2, 0.25) is 5.91 Å². The van der Waals surface area contributed by atoms with E-state index in [1.54, 1.807) is 0 Å². The fourth-order valence-electron chi connectivity index (χ4n) is 0.632.